The number of likely N-dealkylation sites (N-methyl/N-ethyl adjacent to an activating group) is 1. The van der Waals surface area contributed by atoms with Crippen LogP contribution in [-0.2, 0) is 11.3 Å². The number of benzene rings is 1. The first kappa shape index (κ1) is 16.4. The van der Waals surface area contributed by atoms with Crippen LogP contribution in [0.4, 0.5) is 4.79 Å². The topological polar surface area (TPSA) is 71.7 Å². The molecule has 0 unspecified atom stereocenters. The minimum absolute atomic E-state index is 0.249. The maximum absolute atomic E-state index is 11.7. The number of amides is 1. The van der Waals surface area contributed by atoms with Crippen molar-refractivity contribution in [3.05, 3.63) is 35.2 Å². The monoisotopic (exact) mass is 362 g/mol. The van der Waals surface area contributed by atoms with Crippen molar-refractivity contribution >= 4 is 17.7 Å². The summed E-state index contributed by atoms with van der Waals surface area (Å²) in [5.74, 6) is 1.02. The van der Waals surface area contributed by atoms with Crippen LogP contribution < -0.4 is 0 Å². The van der Waals surface area contributed by atoms with Gasteiger partial charge in [-0.25, -0.2) is 4.79 Å². The summed E-state index contributed by atoms with van der Waals surface area (Å²) >= 11 is 6.18. The largest absolute Gasteiger partial charge is 0.440 e. The lowest BCUT2D eigenvalue weighted by atomic mass is 9.93. The van der Waals surface area contributed by atoms with Gasteiger partial charge in [0.15, 0.2) is 0 Å². The zero-order valence-electron chi connectivity index (χ0n) is 13.9. The third kappa shape index (κ3) is 3.21. The van der Waals surface area contributed by atoms with E-state index in [9.17, 15) is 4.79 Å². The number of piperidine rings is 1. The molecule has 1 aromatic heterocycles. The first-order chi connectivity index (χ1) is 12.0. The third-order valence-electron chi connectivity index (χ3n) is 4.70. The van der Waals surface area contributed by atoms with E-state index in [0.717, 1.165) is 24.9 Å². The molecule has 1 spiro atoms. The maximum Gasteiger partial charge on any atom is 0.410 e. The number of rotatable bonds is 3. The molecule has 0 radical (unpaired) electrons. The van der Waals surface area contributed by atoms with Crippen LogP contribution in [-0.4, -0.2) is 58.3 Å². The van der Waals surface area contributed by atoms with Crippen molar-refractivity contribution in [3.8, 4) is 11.4 Å². The molecular formula is C17H19ClN4O3. The summed E-state index contributed by atoms with van der Waals surface area (Å²) in [5, 5.41) is 4.63. The van der Waals surface area contributed by atoms with Crippen molar-refractivity contribution in [2.45, 2.75) is 25.0 Å². The van der Waals surface area contributed by atoms with Crippen LogP contribution >= 0.6 is 11.6 Å². The first-order valence-corrected chi connectivity index (χ1v) is 8.66. The smallest absolute Gasteiger partial charge is 0.410 e. The lowest BCUT2D eigenvalue weighted by molar-refractivity contribution is -0.0139. The van der Waals surface area contributed by atoms with Crippen molar-refractivity contribution < 1.29 is 14.1 Å². The predicted molar refractivity (Wildman–Crippen MR) is 91.1 cm³/mol. The van der Waals surface area contributed by atoms with Gasteiger partial charge in [0.25, 0.3) is 0 Å². The van der Waals surface area contributed by atoms with Crippen molar-refractivity contribution in [1.29, 1.82) is 0 Å². The van der Waals surface area contributed by atoms with E-state index in [1.165, 1.54) is 0 Å². The second-order valence-corrected chi connectivity index (χ2v) is 7.12. The molecule has 1 aromatic carbocycles. The van der Waals surface area contributed by atoms with Gasteiger partial charge in [-0.05, 0) is 31.5 Å². The highest BCUT2D eigenvalue weighted by Crippen LogP contribution is 2.32. The Bertz CT molecular complexity index is 796. The first-order valence-electron chi connectivity index (χ1n) is 8.29. The molecule has 2 aliphatic rings. The van der Waals surface area contributed by atoms with E-state index in [-0.39, 0.29) is 6.09 Å². The van der Waals surface area contributed by atoms with Crippen LogP contribution in [0.2, 0.25) is 5.02 Å². The second-order valence-electron chi connectivity index (χ2n) is 6.71. The fraction of sp³-hybridized carbons (Fsp3) is 0.471. The van der Waals surface area contributed by atoms with Crippen LogP contribution in [0.3, 0.4) is 0 Å². The highest BCUT2D eigenvalue weighted by molar-refractivity contribution is 6.33. The number of likely N-dealkylation sites (tertiary alicyclic amines) is 1. The Hall–Kier alpha value is -2.12. The summed E-state index contributed by atoms with van der Waals surface area (Å²) in [5.41, 5.74) is 0.330. The average molecular weight is 363 g/mol. The molecular weight excluding hydrogens is 344 g/mol. The molecule has 2 saturated heterocycles. The van der Waals surface area contributed by atoms with E-state index >= 15 is 0 Å². The minimum atomic E-state index is -0.421. The SMILES string of the molecule is CN1C[C@@]2(CCCN(Cc3nc(-c4ccccc4Cl)no3)C2)OC1=O. The summed E-state index contributed by atoms with van der Waals surface area (Å²) in [6.45, 7) is 2.73. The van der Waals surface area contributed by atoms with Crippen LogP contribution in [0, 0.1) is 0 Å². The van der Waals surface area contributed by atoms with Crippen LogP contribution in [0.25, 0.3) is 11.4 Å². The quantitative estimate of drug-likeness (QED) is 0.836. The van der Waals surface area contributed by atoms with Gasteiger partial charge in [-0.1, -0.05) is 28.9 Å². The molecule has 0 bridgehead atoms. The Balaban J connectivity index is 1.46. The van der Waals surface area contributed by atoms with Crippen molar-refractivity contribution in [2.24, 2.45) is 0 Å². The van der Waals surface area contributed by atoms with E-state index in [0.29, 0.717) is 36.4 Å². The van der Waals surface area contributed by atoms with Gasteiger partial charge in [-0.15, -0.1) is 0 Å². The molecule has 2 fully saturated rings. The highest BCUT2D eigenvalue weighted by Gasteiger charge is 2.46. The van der Waals surface area contributed by atoms with Gasteiger partial charge in [0.05, 0.1) is 18.1 Å². The Labute approximate surface area is 150 Å². The standard InChI is InChI=1S/C17H19ClN4O3/c1-21-10-17(24-16(21)23)7-4-8-22(11-17)9-14-19-15(20-25-14)12-5-2-3-6-13(12)18/h2-3,5-6H,4,7-11H2,1H3/t17-/m1/s1. The summed E-state index contributed by atoms with van der Waals surface area (Å²) < 4.78 is 11.0. The normalized spacial score (nSPS) is 24.1. The lowest BCUT2D eigenvalue weighted by Gasteiger charge is -2.37. The molecule has 25 heavy (non-hydrogen) atoms. The Morgan fingerprint density at radius 3 is 2.92 bits per heavy atom. The molecule has 2 aromatic rings. The van der Waals surface area contributed by atoms with Crippen molar-refractivity contribution in [3.63, 3.8) is 0 Å². The fourth-order valence-electron chi connectivity index (χ4n) is 3.59. The maximum atomic E-state index is 11.7. The van der Waals surface area contributed by atoms with Gasteiger partial charge >= 0.3 is 6.09 Å². The van der Waals surface area contributed by atoms with Crippen LogP contribution in [0.15, 0.2) is 28.8 Å². The summed E-state index contributed by atoms with van der Waals surface area (Å²) in [4.78, 5) is 20.0. The fourth-order valence-corrected chi connectivity index (χ4v) is 3.81. The third-order valence-corrected chi connectivity index (χ3v) is 5.03. The van der Waals surface area contributed by atoms with Crippen LogP contribution in [0.1, 0.15) is 18.7 Å². The van der Waals surface area contributed by atoms with Gasteiger partial charge in [-0.2, -0.15) is 4.98 Å². The molecule has 132 valence electrons. The van der Waals surface area contributed by atoms with Gasteiger partial charge in [-0.3, -0.25) is 4.90 Å². The number of hydrogen-bond acceptors (Lipinski definition) is 6. The predicted octanol–water partition coefficient (Wildman–Crippen LogP) is 2.81. The van der Waals surface area contributed by atoms with Gasteiger partial charge in [0.1, 0.15) is 5.60 Å². The molecule has 4 rings (SSSR count). The molecule has 0 N–H and O–H groups in total. The molecule has 0 aliphatic carbocycles. The summed E-state index contributed by atoms with van der Waals surface area (Å²) in [6, 6.07) is 7.41. The summed E-state index contributed by atoms with van der Waals surface area (Å²) in [7, 11) is 1.77. The second kappa shape index (κ2) is 6.31. The zero-order valence-corrected chi connectivity index (χ0v) is 14.7. The number of halogens is 1. The molecule has 1 amide bonds. The highest BCUT2D eigenvalue weighted by atomic mass is 35.5. The van der Waals surface area contributed by atoms with E-state index < -0.39 is 5.60 Å². The lowest BCUT2D eigenvalue weighted by Crippen LogP contribution is -2.50. The summed E-state index contributed by atoms with van der Waals surface area (Å²) in [6.07, 6.45) is 1.60. The number of nitrogens with zero attached hydrogens (tertiary/aromatic N) is 4. The number of carbonyl (C=O) groups excluding carboxylic acids is 1. The van der Waals surface area contributed by atoms with Gasteiger partial charge in [0, 0.05) is 19.2 Å². The molecule has 2 aliphatic heterocycles. The Kier molecular flexibility index (Phi) is 4.13. The van der Waals surface area contributed by atoms with E-state index in [2.05, 4.69) is 15.0 Å². The van der Waals surface area contributed by atoms with E-state index in [4.69, 9.17) is 20.9 Å². The number of ether oxygens (including phenoxy) is 1. The van der Waals surface area contributed by atoms with Gasteiger partial charge in [0.2, 0.25) is 11.7 Å². The number of hydrogen-bond donors (Lipinski definition) is 0. The molecule has 3 heterocycles. The van der Waals surface area contributed by atoms with Crippen molar-refractivity contribution in [2.75, 3.05) is 26.7 Å². The zero-order chi connectivity index (χ0) is 17.4. The van der Waals surface area contributed by atoms with E-state index in [1.807, 2.05) is 18.2 Å². The van der Waals surface area contributed by atoms with E-state index in [1.54, 1.807) is 18.0 Å². The van der Waals surface area contributed by atoms with Crippen LogP contribution in [0.5, 0.6) is 0 Å². The Morgan fingerprint density at radius 2 is 2.16 bits per heavy atom. The molecule has 0 saturated carbocycles. The minimum Gasteiger partial charge on any atom is -0.440 e. The van der Waals surface area contributed by atoms with Crippen molar-refractivity contribution in [1.82, 2.24) is 19.9 Å². The average Bonchev–Trinajstić information content (AvgIpc) is 3.13. The Morgan fingerprint density at radius 1 is 1.32 bits per heavy atom. The molecule has 8 heteroatoms. The van der Waals surface area contributed by atoms with Gasteiger partial charge < -0.3 is 14.2 Å². The molecule has 7 nitrogen and oxygen atoms in total. The number of aromatic nitrogens is 2. The number of carbonyl (C=O) groups is 1. The molecule has 1 atom stereocenters.